The van der Waals surface area contributed by atoms with Gasteiger partial charge in [-0.25, -0.2) is 4.98 Å². The molecule has 0 unspecified atom stereocenters. The molecule has 0 saturated carbocycles. The Morgan fingerprint density at radius 3 is 2.81 bits per heavy atom. The number of amides is 1. The molecule has 0 fully saturated rings. The number of carbonyl (C=O) groups excluding carboxylic acids is 1. The van der Waals surface area contributed by atoms with Crippen molar-refractivity contribution in [2.45, 2.75) is 43.0 Å². The highest BCUT2D eigenvalue weighted by atomic mass is 32.2. The van der Waals surface area contributed by atoms with Gasteiger partial charge in [-0.3, -0.25) is 9.59 Å². The van der Waals surface area contributed by atoms with Crippen LogP contribution in [-0.2, 0) is 17.6 Å². The molecule has 4 rings (SSSR count). The first-order valence-corrected chi connectivity index (χ1v) is 10.1. The van der Waals surface area contributed by atoms with Gasteiger partial charge in [-0.1, -0.05) is 48.2 Å². The van der Waals surface area contributed by atoms with Crippen molar-refractivity contribution >= 4 is 34.1 Å². The molecule has 2 N–H and O–H groups in total. The van der Waals surface area contributed by atoms with Gasteiger partial charge in [-0.05, 0) is 44.1 Å². The summed E-state index contributed by atoms with van der Waals surface area (Å²) in [4.78, 5) is 32.4. The first kappa shape index (κ1) is 17.8. The van der Waals surface area contributed by atoms with E-state index in [9.17, 15) is 9.59 Å². The molecule has 2 aromatic carbocycles. The van der Waals surface area contributed by atoms with E-state index < -0.39 is 0 Å². The maximum atomic E-state index is 12.7. The van der Waals surface area contributed by atoms with Gasteiger partial charge in [0.1, 0.15) is 0 Å². The maximum Gasteiger partial charge on any atom is 0.254 e. The Morgan fingerprint density at radius 2 is 1.93 bits per heavy atom. The summed E-state index contributed by atoms with van der Waals surface area (Å²) in [5.41, 5.74) is 2.41. The van der Waals surface area contributed by atoms with Crippen LogP contribution in [0.1, 0.15) is 31.0 Å². The molecule has 0 radical (unpaired) electrons. The van der Waals surface area contributed by atoms with Crippen molar-refractivity contribution < 1.29 is 4.79 Å². The molecule has 5 nitrogen and oxygen atoms in total. The molecule has 138 valence electrons. The molecule has 0 saturated heterocycles. The Morgan fingerprint density at radius 1 is 1.15 bits per heavy atom. The number of carbonyl (C=O) groups is 1. The molecule has 1 heterocycles. The van der Waals surface area contributed by atoms with Crippen molar-refractivity contribution in [3.8, 4) is 0 Å². The lowest BCUT2D eigenvalue weighted by Gasteiger charge is -2.16. The fourth-order valence-electron chi connectivity index (χ4n) is 3.43. The Balaban J connectivity index is 1.51. The summed E-state index contributed by atoms with van der Waals surface area (Å²) in [7, 11) is 0. The molecule has 1 amide bonds. The standard InChI is InChI=1S/C21H21N3O2S/c1-13(27-21-23-18-11-5-4-10-16(18)20(26)24-21)19(25)22-17-12-6-8-14-7-2-3-9-15(14)17/h2-3,6-9,12-13H,4-5,10-11H2,1H3,(H,22,25)(H,23,24,26)/t13-/m0/s1. The molecule has 0 spiro atoms. The number of anilines is 1. The molecule has 1 aliphatic carbocycles. The molecule has 1 atom stereocenters. The normalized spacial score (nSPS) is 14.6. The molecule has 1 aliphatic rings. The van der Waals surface area contributed by atoms with Gasteiger partial charge in [0.05, 0.1) is 10.9 Å². The van der Waals surface area contributed by atoms with E-state index in [2.05, 4.69) is 15.3 Å². The highest BCUT2D eigenvalue weighted by Crippen LogP contribution is 2.26. The number of nitrogens with one attached hydrogen (secondary N) is 2. The van der Waals surface area contributed by atoms with E-state index in [1.165, 1.54) is 11.8 Å². The summed E-state index contributed by atoms with van der Waals surface area (Å²) in [5, 5.41) is 5.22. The van der Waals surface area contributed by atoms with E-state index >= 15 is 0 Å². The third-order valence-corrected chi connectivity index (χ3v) is 5.86. The predicted molar refractivity (Wildman–Crippen MR) is 109 cm³/mol. The largest absolute Gasteiger partial charge is 0.325 e. The van der Waals surface area contributed by atoms with Crippen LogP contribution in [0.2, 0.25) is 0 Å². The van der Waals surface area contributed by atoms with E-state index in [1.54, 1.807) is 0 Å². The second kappa shape index (κ2) is 7.56. The van der Waals surface area contributed by atoms with Crippen molar-refractivity contribution in [1.82, 2.24) is 9.97 Å². The number of hydrogen-bond donors (Lipinski definition) is 2. The van der Waals surface area contributed by atoms with Gasteiger partial charge in [0, 0.05) is 16.6 Å². The Hall–Kier alpha value is -2.60. The topological polar surface area (TPSA) is 74.8 Å². The van der Waals surface area contributed by atoms with Crippen LogP contribution in [0.3, 0.4) is 0 Å². The summed E-state index contributed by atoms with van der Waals surface area (Å²) in [6.45, 7) is 1.82. The summed E-state index contributed by atoms with van der Waals surface area (Å²) < 4.78 is 0. The molecule has 3 aromatic rings. The SMILES string of the molecule is C[C@H](Sc1nc2c(c(=O)[nH]1)CCCC2)C(=O)Nc1cccc2ccccc12. The van der Waals surface area contributed by atoms with Crippen LogP contribution in [0.4, 0.5) is 5.69 Å². The van der Waals surface area contributed by atoms with Crippen LogP contribution in [-0.4, -0.2) is 21.1 Å². The first-order valence-electron chi connectivity index (χ1n) is 9.19. The summed E-state index contributed by atoms with van der Waals surface area (Å²) in [6.07, 6.45) is 3.72. The molecule has 0 aliphatic heterocycles. The van der Waals surface area contributed by atoms with Gasteiger partial charge in [0.2, 0.25) is 5.91 Å². The molecule has 1 aromatic heterocycles. The van der Waals surface area contributed by atoms with Gasteiger partial charge >= 0.3 is 0 Å². The average Bonchev–Trinajstić information content (AvgIpc) is 2.68. The van der Waals surface area contributed by atoms with E-state index in [4.69, 9.17) is 0 Å². The minimum absolute atomic E-state index is 0.0659. The van der Waals surface area contributed by atoms with Crippen LogP contribution in [0.5, 0.6) is 0 Å². The summed E-state index contributed by atoms with van der Waals surface area (Å²) in [5.74, 6) is -0.114. The van der Waals surface area contributed by atoms with Gasteiger partial charge in [-0.15, -0.1) is 0 Å². The number of thioether (sulfide) groups is 1. The van der Waals surface area contributed by atoms with Gasteiger partial charge in [-0.2, -0.15) is 0 Å². The number of H-pyrrole nitrogens is 1. The van der Waals surface area contributed by atoms with E-state index in [0.717, 1.165) is 53.4 Å². The van der Waals surface area contributed by atoms with Crippen LogP contribution < -0.4 is 10.9 Å². The molecular weight excluding hydrogens is 358 g/mol. The zero-order valence-corrected chi connectivity index (χ0v) is 15.9. The van der Waals surface area contributed by atoms with Crippen molar-refractivity contribution in [3.05, 3.63) is 64.1 Å². The number of fused-ring (bicyclic) bond motifs is 2. The number of hydrogen-bond acceptors (Lipinski definition) is 4. The zero-order chi connectivity index (χ0) is 18.8. The van der Waals surface area contributed by atoms with E-state index in [0.29, 0.717) is 5.16 Å². The van der Waals surface area contributed by atoms with Crippen molar-refractivity contribution in [3.63, 3.8) is 0 Å². The molecule has 0 bridgehead atoms. The van der Waals surface area contributed by atoms with Crippen LogP contribution in [0.15, 0.2) is 52.4 Å². The lowest BCUT2D eigenvalue weighted by Crippen LogP contribution is -2.25. The number of aromatic nitrogens is 2. The average molecular weight is 379 g/mol. The number of nitrogens with zero attached hydrogens (tertiary/aromatic N) is 1. The van der Waals surface area contributed by atoms with E-state index in [1.807, 2.05) is 49.4 Å². The molecule has 6 heteroatoms. The fraction of sp³-hybridized carbons (Fsp3) is 0.286. The predicted octanol–water partition coefficient (Wildman–Crippen LogP) is 3.92. The second-order valence-corrected chi connectivity index (χ2v) is 8.11. The Labute approximate surface area is 161 Å². The van der Waals surface area contributed by atoms with Crippen molar-refractivity contribution in [2.24, 2.45) is 0 Å². The smallest absolute Gasteiger partial charge is 0.254 e. The van der Waals surface area contributed by atoms with Crippen molar-refractivity contribution in [2.75, 3.05) is 5.32 Å². The third kappa shape index (κ3) is 3.76. The Kier molecular flexibility index (Phi) is 4.99. The number of benzene rings is 2. The van der Waals surface area contributed by atoms with Gasteiger partial charge in [0.15, 0.2) is 5.16 Å². The Bertz CT molecular complexity index is 1060. The zero-order valence-electron chi connectivity index (χ0n) is 15.1. The lowest BCUT2D eigenvalue weighted by molar-refractivity contribution is -0.115. The monoisotopic (exact) mass is 379 g/mol. The minimum Gasteiger partial charge on any atom is -0.325 e. The summed E-state index contributed by atoms with van der Waals surface area (Å²) in [6, 6.07) is 13.8. The lowest BCUT2D eigenvalue weighted by atomic mass is 9.97. The third-order valence-electron chi connectivity index (χ3n) is 4.87. The fourth-order valence-corrected chi connectivity index (χ4v) is 4.24. The number of rotatable bonds is 4. The first-order chi connectivity index (χ1) is 13.1. The summed E-state index contributed by atoms with van der Waals surface area (Å²) >= 11 is 1.28. The van der Waals surface area contributed by atoms with E-state index in [-0.39, 0.29) is 16.7 Å². The highest BCUT2D eigenvalue weighted by molar-refractivity contribution is 8.00. The minimum atomic E-state index is -0.381. The maximum absolute atomic E-state index is 12.7. The molecular formula is C21H21N3O2S. The number of aromatic amines is 1. The van der Waals surface area contributed by atoms with Crippen LogP contribution in [0, 0.1) is 0 Å². The second-order valence-electron chi connectivity index (χ2n) is 6.78. The van der Waals surface area contributed by atoms with Gasteiger partial charge < -0.3 is 10.3 Å². The molecule has 27 heavy (non-hydrogen) atoms. The van der Waals surface area contributed by atoms with Crippen LogP contribution in [0.25, 0.3) is 10.8 Å². The van der Waals surface area contributed by atoms with Crippen molar-refractivity contribution in [1.29, 1.82) is 0 Å². The quantitative estimate of drug-likeness (QED) is 0.532. The highest BCUT2D eigenvalue weighted by Gasteiger charge is 2.20. The van der Waals surface area contributed by atoms with Gasteiger partial charge in [0.25, 0.3) is 5.56 Å². The number of aryl methyl sites for hydroxylation is 1. The van der Waals surface area contributed by atoms with Crippen LogP contribution >= 0.6 is 11.8 Å².